The molecule has 1 N–H and O–H groups in total. The number of Topliss-reactive ketones (excluding diaryl/α,β-unsaturated/α-hetero) is 1. The Labute approximate surface area is 255 Å². The summed E-state index contributed by atoms with van der Waals surface area (Å²) >= 11 is 0. The van der Waals surface area contributed by atoms with Gasteiger partial charge in [-0.25, -0.2) is 0 Å². The van der Waals surface area contributed by atoms with Crippen molar-refractivity contribution in [1.82, 2.24) is 4.90 Å². The highest BCUT2D eigenvalue weighted by Gasteiger charge is 2.31. The van der Waals surface area contributed by atoms with Crippen molar-refractivity contribution in [3.05, 3.63) is 86.0 Å². The minimum absolute atomic E-state index is 0.00673. The molecule has 0 aliphatic carbocycles. The van der Waals surface area contributed by atoms with Crippen LogP contribution in [0.25, 0.3) is 0 Å². The molecule has 3 heterocycles. The summed E-state index contributed by atoms with van der Waals surface area (Å²) in [6.07, 6.45) is 0. The predicted molar refractivity (Wildman–Crippen MR) is 164 cm³/mol. The summed E-state index contributed by atoms with van der Waals surface area (Å²) in [5.74, 6) is 1.91. The van der Waals surface area contributed by atoms with Crippen molar-refractivity contribution < 1.29 is 28.7 Å². The third-order valence-corrected chi connectivity index (χ3v) is 8.36. The van der Waals surface area contributed by atoms with E-state index in [9.17, 15) is 14.9 Å². The molecular formula is C33H36N4O7. The van der Waals surface area contributed by atoms with Gasteiger partial charge in [-0.05, 0) is 46.9 Å². The van der Waals surface area contributed by atoms with E-state index in [1.54, 1.807) is 24.1 Å². The van der Waals surface area contributed by atoms with Crippen LogP contribution in [0.15, 0.2) is 42.5 Å². The highest BCUT2D eigenvalue weighted by Crippen LogP contribution is 2.41. The van der Waals surface area contributed by atoms with Gasteiger partial charge in [-0.15, -0.1) is 0 Å². The molecule has 1 saturated heterocycles. The van der Waals surface area contributed by atoms with Crippen molar-refractivity contribution in [3.8, 4) is 17.2 Å². The number of amidine groups is 1. The van der Waals surface area contributed by atoms with Crippen LogP contribution in [-0.4, -0.2) is 61.4 Å². The summed E-state index contributed by atoms with van der Waals surface area (Å²) in [6, 6.07) is 12.1. The summed E-state index contributed by atoms with van der Waals surface area (Å²) in [5, 5.41) is 20.2. The standard InChI is InChI=1S/C33H36N4O7/c1-33(2,3)26-12-21(13-27(31(26)41-4)35-7-9-42-10-8-35)28(38)17-36-16-22-14-29-30(15-25(22)32(36)34)44-19-23-11-24(37(39)40)6-5-20(23)18-43-29/h5-6,11-15,34H,7-10,16-19H2,1-4H3. The number of nitrogens with zero attached hydrogens (tertiary/aromatic N) is 3. The second-order valence-electron chi connectivity index (χ2n) is 12.3. The molecule has 230 valence electrons. The molecule has 3 aliphatic heterocycles. The van der Waals surface area contributed by atoms with Crippen LogP contribution < -0.4 is 19.1 Å². The number of benzene rings is 3. The van der Waals surface area contributed by atoms with Crippen molar-refractivity contribution >= 4 is 23.0 Å². The largest absolute Gasteiger partial charge is 0.494 e. The molecule has 0 saturated carbocycles. The van der Waals surface area contributed by atoms with E-state index in [1.807, 2.05) is 18.2 Å². The first kappa shape index (κ1) is 29.4. The van der Waals surface area contributed by atoms with Crippen LogP contribution in [0.3, 0.4) is 0 Å². The lowest BCUT2D eigenvalue weighted by atomic mass is 9.84. The number of fused-ring (bicyclic) bond motifs is 3. The van der Waals surface area contributed by atoms with E-state index in [4.69, 9.17) is 24.4 Å². The van der Waals surface area contributed by atoms with E-state index in [1.165, 1.54) is 12.1 Å². The number of hydrogen-bond donors (Lipinski definition) is 1. The fourth-order valence-electron chi connectivity index (χ4n) is 5.93. The molecule has 0 radical (unpaired) electrons. The Morgan fingerprint density at radius 1 is 1.00 bits per heavy atom. The van der Waals surface area contributed by atoms with Crippen molar-refractivity contribution in [3.63, 3.8) is 0 Å². The molecule has 0 bridgehead atoms. The van der Waals surface area contributed by atoms with Crippen molar-refractivity contribution in [2.75, 3.05) is 44.9 Å². The smallest absolute Gasteiger partial charge is 0.269 e. The van der Waals surface area contributed by atoms with Crippen LogP contribution in [0.2, 0.25) is 0 Å². The summed E-state index contributed by atoms with van der Waals surface area (Å²) in [7, 11) is 1.66. The van der Waals surface area contributed by atoms with Crippen LogP contribution in [-0.2, 0) is 29.9 Å². The fourth-order valence-corrected chi connectivity index (χ4v) is 5.93. The summed E-state index contributed by atoms with van der Waals surface area (Å²) in [6.45, 7) is 9.74. The zero-order chi connectivity index (χ0) is 31.2. The molecule has 0 atom stereocenters. The molecule has 0 unspecified atom stereocenters. The van der Waals surface area contributed by atoms with Gasteiger partial charge in [0, 0.05) is 54.0 Å². The monoisotopic (exact) mass is 600 g/mol. The maximum absolute atomic E-state index is 13.8. The fraction of sp³-hybridized carbons (Fsp3) is 0.394. The number of morpholine rings is 1. The third kappa shape index (κ3) is 5.55. The normalized spacial score (nSPS) is 16.1. The number of rotatable bonds is 6. The second-order valence-corrected chi connectivity index (χ2v) is 12.3. The molecule has 1 fully saturated rings. The number of carbonyl (C=O) groups is 1. The van der Waals surface area contributed by atoms with E-state index in [-0.39, 0.29) is 42.5 Å². The lowest BCUT2D eigenvalue weighted by molar-refractivity contribution is -0.385. The third-order valence-electron chi connectivity index (χ3n) is 8.36. The maximum atomic E-state index is 13.8. The second kappa shape index (κ2) is 11.5. The Morgan fingerprint density at radius 3 is 2.39 bits per heavy atom. The maximum Gasteiger partial charge on any atom is 0.269 e. The van der Waals surface area contributed by atoms with Crippen LogP contribution in [0.4, 0.5) is 11.4 Å². The van der Waals surface area contributed by atoms with Gasteiger partial charge in [-0.1, -0.05) is 20.8 Å². The molecular weight excluding hydrogens is 564 g/mol. The molecule has 3 aromatic carbocycles. The molecule has 0 aromatic heterocycles. The van der Waals surface area contributed by atoms with E-state index in [0.717, 1.165) is 28.1 Å². The Hall–Kier alpha value is -4.64. The molecule has 3 aliphatic rings. The lowest BCUT2D eigenvalue weighted by Gasteiger charge is -2.33. The highest BCUT2D eigenvalue weighted by atomic mass is 16.6. The summed E-state index contributed by atoms with van der Waals surface area (Å²) in [5.41, 5.74) is 5.16. The lowest BCUT2D eigenvalue weighted by Crippen LogP contribution is -2.37. The van der Waals surface area contributed by atoms with Crippen LogP contribution in [0.1, 0.15) is 58.9 Å². The van der Waals surface area contributed by atoms with Crippen molar-refractivity contribution in [2.45, 2.75) is 45.9 Å². The molecule has 3 aromatic rings. The summed E-state index contributed by atoms with van der Waals surface area (Å²) in [4.78, 5) is 28.6. The zero-order valence-electron chi connectivity index (χ0n) is 25.4. The van der Waals surface area contributed by atoms with Gasteiger partial charge in [-0.2, -0.15) is 0 Å². The topological polar surface area (TPSA) is 127 Å². The first-order valence-corrected chi connectivity index (χ1v) is 14.6. The minimum atomic E-state index is -0.433. The number of methoxy groups -OCH3 is 1. The number of anilines is 1. The van der Waals surface area contributed by atoms with Crippen LogP contribution >= 0.6 is 0 Å². The van der Waals surface area contributed by atoms with Crippen LogP contribution in [0.5, 0.6) is 17.2 Å². The van der Waals surface area contributed by atoms with Crippen LogP contribution in [0, 0.1) is 15.5 Å². The molecule has 6 rings (SSSR count). The van der Waals surface area contributed by atoms with Crippen molar-refractivity contribution in [1.29, 1.82) is 5.41 Å². The van der Waals surface area contributed by atoms with Gasteiger partial charge in [0.05, 0.1) is 37.5 Å². The number of nitrogens with one attached hydrogen (secondary N) is 1. The predicted octanol–water partition coefficient (Wildman–Crippen LogP) is 5.23. The SMILES string of the molecule is COc1c(N2CCOCC2)cc(C(=O)CN2Cc3cc4c(cc3C2=N)OCc2cc([N+](=O)[O-])ccc2CO4)cc1C(C)(C)C. The Balaban J connectivity index is 1.24. The average molecular weight is 601 g/mol. The number of ketones is 1. The first-order valence-electron chi connectivity index (χ1n) is 14.6. The number of nitro benzene ring substituents is 1. The van der Waals surface area contributed by atoms with Crippen molar-refractivity contribution in [2.24, 2.45) is 0 Å². The molecule has 0 spiro atoms. The van der Waals surface area contributed by atoms with Gasteiger partial charge in [0.15, 0.2) is 17.3 Å². The van der Waals surface area contributed by atoms with Gasteiger partial charge < -0.3 is 28.7 Å². The number of ether oxygens (including phenoxy) is 4. The van der Waals surface area contributed by atoms with E-state index in [0.29, 0.717) is 61.0 Å². The van der Waals surface area contributed by atoms with Gasteiger partial charge in [0.1, 0.15) is 24.8 Å². The Bertz CT molecular complexity index is 1660. The Morgan fingerprint density at radius 2 is 1.70 bits per heavy atom. The quantitative estimate of drug-likeness (QED) is 0.230. The van der Waals surface area contributed by atoms with E-state index < -0.39 is 4.92 Å². The number of nitro groups is 1. The average Bonchev–Trinajstić information content (AvgIpc) is 3.30. The van der Waals surface area contributed by atoms with Gasteiger partial charge >= 0.3 is 0 Å². The van der Waals surface area contributed by atoms with E-state index >= 15 is 0 Å². The zero-order valence-corrected chi connectivity index (χ0v) is 25.4. The first-order chi connectivity index (χ1) is 21.0. The molecule has 0 amide bonds. The number of hydrogen-bond acceptors (Lipinski definition) is 9. The van der Waals surface area contributed by atoms with E-state index in [2.05, 4.69) is 25.7 Å². The van der Waals surface area contributed by atoms with Gasteiger partial charge in [0.2, 0.25) is 0 Å². The Kier molecular flexibility index (Phi) is 7.66. The highest BCUT2D eigenvalue weighted by molar-refractivity contribution is 6.06. The number of carbonyl (C=O) groups excluding carboxylic acids is 1. The molecule has 11 nitrogen and oxygen atoms in total. The molecule has 11 heteroatoms. The van der Waals surface area contributed by atoms with Gasteiger partial charge in [-0.3, -0.25) is 20.3 Å². The minimum Gasteiger partial charge on any atom is -0.494 e. The number of non-ortho nitro benzene ring substituents is 1. The molecule has 44 heavy (non-hydrogen) atoms. The van der Waals surface area contributed by atoms with Gasteiger partial charge in [0.25, 0.3) is 5.69 Å². The summed E-state index contributed by atoms with van der Waals surface area (Å²) < 4.78 is 23.5.